The molecule has 41 heavy (non-hydrogen) atoms. The molecule has 1 aliphatic heterocycles. The number of rotatable bonds is 10. The van der Waals surface area contributed by atoms with Gasteiger partial charge in [-0.3, -0.25) is 9.69 Å². The fraction of sp³-hybridized carbons (Fsp3) is 0.400. The van der Waals surface area contributed by atoms with Crippen LogP contribution in [0, 0.1) is 6.92 Å². The number of carbonyl (C=O) groups excluding carboxylic acids is 2. The molecule has 0 unspecified atom stereocenters. The van der Waals surface area contributed by atoms with E-state index in [0.717, 1.165) is 65.8 Å². The molecule has 0 radical (unpaired) electrons. The summed E-state index contributed by atoms with van der Waals surface area (Å²) in [6.45, 7) is 18.3. The Balaban J connectivity index is 1.70. The van der Waals surface area contributed by atoms with E-state index < -0.39 is 5.54 Å². The Morgan fingerprint density at radius 1 is 1.07 bits per heavy atom. The summed E-state index contributed by atoms with van der Waals surface area (Å²) < 4.78 is 2.27. The first-order chi connectivity index (χ1) is 19.6. The number of oxime groups is 1. The molecule has 0 amide bonds. The van der Waals surface area contributed by atoms with Gasteiger partial charge in [0, 0.05) is 46.3 Å². The third kappa shape index (κ3) is 6.28. The quantitative estimate of drug-likeness (QED) is 0.0857. The summed E-state index contributed by atoms with van der Waals surface area (Å²) in [5.41, 5.74) is 6.29. The van der Waals surface area contributed by atoms with Gasteiger partial charge in [0.2, 0.25) is 0 Å². The van der Waals surface area contributed by atoms with Gasteiger partial charge in [0.25, 0.3) is 0 Å². The molecule has 0 saturated carbocycles. The van der Waals surface area contributed by atoms with Crippen LogP contribution in [0.2, 0.25) is 0 Å². The molecule has 3 aromatic rings. The molecule has 0 N–H and O–H groups in total. The van der Waals surface area contributed by atoms with Crippen LogP contribution in [0.15, 0.2) is 65.8 Å². The molecule has 0 atom stereocenters. The Morgan fingerprint density at radius 3 is 2.44 bits per heavy atom. The first kappa shape index (κ1) is 30.2. The topological polar surface area (TPSA) is 63.9 Å². The van der Waals surface area contributed by atoms with Gasteiger partial charge in [-0.25, -0.2) is 4.79 Å². The summed E-state index contributed by atoms with van der Waals surface area (Å²) in [6, 6.07) is 13.6. The van der Waals surface area contributed by atoms with E-state index in [4.69, 9.17) is 4.84 Å². The monoisotopic (exact) mass is 553 g/mol. The van der Waals surface area contributed by atoms with Crippen LogP contribution < -0.4 is 0 Å². The molecule has 216 valence electrons. The van der Waals surface area contributed by atoms with Crippen LogP contribution in [0.5, 0.6) is 0 Å². The maximum absolute atomic E-state index is 13.5. The maximum Gasteiger partial charge on any atom is 0.354 e. The number of aryl methyl sites for hydroxylation is 2. The van der Waals surface area contributed by atoms with Crippen molar-refractivity contribution in [2.24, 2.45) is 5.16 Å². The van der Waals surface area contributed by atoms with Crippen LogP contribution in [0.4, 0.5) is 0 Å². The van der Waals surface area contributed by atoms with Crippen molar-refractivity contribution < 1.29 is 14.4 Å². The number of piperidine rings is 1. The number of carbonyl (C=O) groups is 2. The Morgan fingerprint density at radius 2 is 1.78 bits per heavy atom. The van der Waals surface area contributed by atoms with Gasteiger partial charge in [-0.2, -0.15) is 0 Å². The average molecular weight is 554 g/mol. The van der Waals surface area contributed by atoms with E-state index in [9.17, 15) is 9.59 Å². The zero-order valence-corrected chi connectivity index (χ0v) is 25.4. The van der Waals surface area contributed by atoms with Crippen LogP contribution in [0.25, 0.3) is 17.0 Å². The van der Waals surface area contributed by atoms with Crippen molar-refractivity contribution in [1.82, 2.24) is 9.47 Å². The molecule has 2 heterocycles. The van der Waals surface area contributed by atoms with E-state index in [1.807, 2.05) is 83.2 Å². The van der Waals surface area contributed by atoms with Crippen LogP contribution in [-0.4, -0.2) is 45.6 Å². The van der Waals surface area contributed by atoms with Crippen molar-refractivity contribution in [2.45, 2.75) is 79.3 Å². The fourth-order valence-electron chi connectivity index (χ4n) is 5.63. The Hall–Kier alpha value is -3.77. The molecule has 6 nitrogen and oxygen atoms in total. The Kier molecular flexibility index (Phi) is 9.44. The van der Waals surface area contributed by atoms with Gasteiger partial charge in [-0.15, -0.1) is 6.58 Å². The molecule has 0 bridgehead atoms. The predicted molar refractivity (Wildman–Crippen MR) is 168 cm³/mol. The molecule has 0 aliphatic carbocycles. The smallest absolute Gasteiger partial charge is 0.344 e. The predicted octanol–water partition coefficient (Wildman–Crippen LogP) is 7.52. The summed E-state index contributed by atoms with van der Waals surface area (Å²) in [7, 11) is 0. The van der Waals surface area contributed by atoms with E-state index >= 15 is 0 Å². The number of aromatic nitrogens is 1. The minimum absolute atomic E-state index is 0.00662. The van der Waals surface area contributed by atoms with E-state index in [2.05, 4.69) is 34.2 Å². The van der Waals surface area contributed by atoms with Gasteiger partial charge in [0.05, 0.1) is 5.71 Å². The third-order valence-corrected chi connectivity index (χ3v) is 8.36. The zero-order chi connectivity index (χ0) is 29.7. The molecule has 0 spiro atoms. The highest BCUT2D eigenvalue weighted by atomic mass is 16.7. The van der Waals surface area contributed by atoms with Crippen LogP contribution >= 0.6 is 0 Å². The molecule has 1 fully saturated rings. The SMILES string of the molecule is C=CCc1c(/C=C(C)/C(C)=N/OC(=O)C(C)(C)N2CCCCC2)c2cc(C(=O)c3ccccc3C)ccc2n1CC. The maximum atomic E-state index is 13.5. The normalized spacial score (nSPS) is 15.3. The lowest BCUT2D eigenvalue weighted by Gasteiger charge is -2.38. The summed E-state index contributed by atoms with van der Waals surface area (Å²) in [6.07, 6.45) is 8.05. The highest BCUT2D eigenvalue weighted by Gasteiger charge is 2.37. The van der Waals surface area contributed by atoms with E-state index in [1.54, 1.807) is 0 Å². The van der Waals surface area contributed by atoms with Crippen molar-refractivity contribution in [3.63, 3.8) is 0 Å². The number of nitrogens with zero attached hydrogens (tertiary/aromatic N) is 3. The van der Waals surface area contributed by atoms with Gasteiger partial charge >= 0.3 is 5.97 Å². The number of hydrogen-bond donors (Lipinski definition) is 0. The van der Waals surface area contributed by atoms with Gasteiger partial charge in [0.15, 0.2) is 5.78 Å². The summed E-state index contributed by atoms with van der Waals surface area (Å²) in [5.74, 6) is -0.340. The standard InChI is InChI=1S/C35H43N3O3/c1-8-15-31-29(22-25(4)26(5)36-41-34(40)35(6,7)37-20-13-10-14-21-37)30-23-27(18-19-32(30)38(31)9-2)33(39)28-17-12-11-16-24(28)3/h8,11-12,16-19,22-23H,1,9-10,13-15,20-21H2,2-7H3/b25-22+,36-26+. The van der Waals surface area contributed by atoms with Gasteiger partial charge in [-0.05, 0) is 103 Å². The van der Waals surface area contributed by atoms with Crippen molar-refractivity contribution in [3.8, 4) is 0 Å². The van der Waals surface area contributed by atoms with Crippen LogP contribution in [-0.2, 0) is 22.6 Å². The number of ketones is 1. The van der Waals surface area contributed by atoms with Crippen molar-refractivity contribution in [3.05, 3.63) is 88.6 Å². The minimum atomic E-state index is -0.729. The van der Waals surface area contributed by atoms with E-state index in [1.165, 1.54) is 6.42 Å². The Labute approximate surface area is 244 Å². The molecule has 1 aliphatic rings. The van der Waals surface area contributed by atoms with Gasteiger partial charge in [-0.1, -0.05) is 41.9 Å². The van der Waals surface area contributed by atoms with Crippen LogP contribution in [0.3, 0.4) is 0 Å². The Bertz CT molecular complexity index is 1520. The summed E-state index contributed by atoms with van der Waals surface area (Å²) in [4.78, 5) is 34.2. The largest absolute Gasteiger partial charge is 0.354 e. The molecule has 4 rings (SSSR count). The average Bonchev–Trinajstić information content (AvgIpc) is 3.27. The second-order valence-electron chi connectivity index (χ2n) is 11.5. The highest BCUT2D eigenvalue weighted by Crippen LogP contribution is 2.31. The second-order valence-corrected chi connectivity index (χ2v) is 11.5. The zero-order valence-electron chi connectivity index (χ0n) is 25.4. The molecule has 1 aromatic heterocycles. The number of benzene rings is 2. The van der Waals surface area contributed by atoms with Gasteiger partial charge in [0.1, 0.15) is 5.54 Å². The van der Waals surface area contributed by atoms with Crippen LogP contribution in [0.1, 0.15) is 86.6 Å². The third-order valence-electron chi connectivity index (χ3n) is 8.36. The fourth-order valence-corrected chi connectivity index (χ4v) is 5.63. The number of likely N-dealkylation sites (tertiary alicyclic amines) is 1. The van der Waals surface area contributed by atoms with Crippen molar-refractivity contribution in [1.29, 1.82) is 0 Å². The van der Waals surface area contributed by atoms with E-state index in [0.29, 0.717) is 23.3 Å². The molecular weight excluding hydrogens is 510 g/mol. The molecule has 6 heteroatoms. The summed E-state index contributed by atoms with van der Waals surface area (Å²) >= 11 is 0. The highest BCUT2D eigenvalue weighted by molar-refractivity contribution is 6.12. The lowest BCUT2D eigenvalue weighted by molar-refractivity contribution is -0.157. The number of allylic oxidation sites excluding steroid dienone is 2. The number of hydrogen-bond acceptors (Lipinski definition) is 5. The second kappa shape index (κ2) is 12.8. The molecule has 2 aromatic carbocycles. The first-order valence-electron chi connectivity index (χ1n) is 14.7. The summed E-state index contributed by atoms with van der Waals surface area (Å²) in [5, 5.41) is 5.25. The van der Waals surface area contributed by atoms with E-state index in [-0.39, 0.29) is 11.8 Å². The lowest BCUT2D eigenvalue weighted by atomic mass is 9.97. The molecule has 1 saturated heterocycles. The number of fused-ring (bicyclic) bond motifs is 1. The van der Waals surface area contributed by atoms with Crippen molar-refractivity contribution >= 4 is 34.4 Å². The van der Waals surface area contributed by atoms with Crippen molar-refractivity contribution in [2.75, 3.05) is 13.1 Å². The van der Waals surface area contributed by atoms with Gasteiger partial charge < -0.3 is 9.40 Å². The first-order valence-corrected chi connectivity index (χ1v) is 14.7. The molecular formula is C35H43N3O3. The lowest BCUT2D eigenvalue weighted by Crippen LogP contribution is -2.52. The minimum Gasteiger partial charge on any atom is -0.344 e.